The third kappa shape index (κ3) is 1.92. The molecule has 1 aliphatic rings. The van der Waals surface area contributed by atoms with E-state index in [1.807, 2.05) is 0 Å². The Hall–Kier alpha value is -1.08. The van der Waals surface area contributed by atoms with E-state index >= 15 is 0 Å². The fraction of sp³-hybridized carbons (Fsp3) is 0.500. The summed E-state index contributed by atoms with van der Waals surface area (Å²) in [7, 11) is 2.44. The van der Waals surface area contributed by atoms with Gasteiger partial charge in [-0.3, -0.25) is 5.10 Å². The first-order valence-electron chi connectivity index (χ1n) is 4.56. The summed E-state index contributed by atoms with van der Waals surface area (Å²) in [6, 6.07) is 0. The van der Waals surface area contributed by atoms with E-state index in [4.69, 9.17) is 10.7 Å². The molecule has 2 rings (SSSR count). The fourth-order valence-corrected chi connectivity index (χ4v) is 2.78. The number of carbonyl (C=O) groups excluding carboxylic acids is 1. The lowest BCUT2D eigenvalue weighted by Gasteiger charge is -1.99. The molecular formula is C8H9ClN2O4S. The van der Waals surface area contributed by atoms with Crippen LogP contribution in [0.4, 0.5) is 0 Å². The molecule has 1 aromatic rings. The maximum atomic E-state index is 11.4. The van der Waals surface area contributed by atoms with Gasteiger partial charge in [0, 0.05) is 16.6 Å². The van der Waals surface area contributed by atoms with Crippen molar-refractivity contribution >= 4 is 25.7 Å². The molecule has 0 saturated heterocycles. The largest absolute Gasteiger partial charge is 0.464 e. The number of methoxy groups -OCH3 is 1. The number of esters is 1. The molecule has 88 valence electrons. The highest BCUT2D eigenvalue weighted by molar-refractivity contribution is 8.13. The summed E-state index contributed by atoms with van der Waals surface area (Å²) in [6.07, 6.45) is 1.73. The minimum atomic E-state index is -4.00. The standard InChI is InChI=1S/C8H9ClN2O4S/c1-15-8(12)6-7(16(9,13)14)5(10-11-6)4-2-3-4/h4H,2-3H2,1H3,(H,10,11). The highest BCUT2D eigenvalue weighted by Gasteiger charge is 2.36. The third-order valence-electron chi connectivity index (χ3n) is 2.36. The smallest absolute Gasteiger partial charge is 0.359 e. The van der Waals surface area contributed by atoms with Gasteiger partial charge in [-0.05, 0) is 12.8 Å². The Morgan fingerprint density at radius 1 is 1.56 bits per heavy atom. The number of aromatic amines is 1. The maximum absolute atomic E-state index is 11.4. The van der Waals surface area contributed by atoms with Crippen LogP contribution in [0.1, 0.15) is 34.9 Å². The van der Waals surface area contributed by atoms with E-state index in [2.05, 4.69) is 14.9 Å². The molecule has 0 aliphatic heterocycles. The van der Waals surface area contributed by atoms with E-state index in [0.717, 1.165) is 20.0 Å². The summed E-state index contributed by atoms with van der Waals surface area (Å²) in [5.41, 5.74) is 0.120. The molecular weight excluding hydrogens is 256 g/mol. The van der Waals surface area contributed by atoms with Crippen molar-refractivity contribution in [2.75, 3.05) is 7.11 Å². The number of nitrogens with one attached hydrogen (secondary N) is 1. The normalized spacial score (nSPS) is 16.1. The highest BCUT2D eigenvalue weighted by Crippen LogP contribution is 2.43. The zero-order chi connectivity index (χ0) is 11.9. The Morgan fingerprint density at radius 2 is 2.19 bits per heavy atom. The molecule has 1 aromatic heterocycles. The van der Waals surface area contributed by atoms with Crippen molar-refractivity contribution in [1.82, 2.24) is 10.2 Å². The number of H-pyrrole nitrogens is 1. The van der Waals surface area contributed by atoms with Crippen molar-refractivity contribution in [3.05, 3.63) is 11.4 Å². The van der Waals surface area contributed by atoms with Gasteiger partial charge in [0.15, 0.2) is 5.69 Å². The van der Waals surface area contributed by atoms with Gasteiger partial charge in [0.2, 0.25) is 0 Å². The molecule has 0 spiro atoms. The number of rotatable bonds is 3. The lowest BCUT2D eigenvalue weighted by Crippen LogP contribution is -2.07. The Kier molecular flexibility index (Phi) is 2.67. The Labute approximate surface area is 96.4 Å². The van der Waals surface area contributed by atoms with Crippen molar-refractivity contribution in [2.45, 2.75) is 23.7 Å². The van der Waals surface area contributed by atoms with E-state index in [1.165, 1.54) is 0 Å². The lowest BCUT2D eigenvalue weighted by atomic mass is 10.2. The summed E-state index contributed by atoms with van der Waals surface area (Å²) in [4.78, 5) is 11.1. The van der Waals surface area contributed by atoms with Crippen LogP contribution in [0.5, 0.6) is 0 Å². The number of hydrogen-bond donors (Lipinski definition) is 1. The van der Waals surface area contributed by atoms with Crippen LogP contribution in [0.2, 0.25) is 0 Å². The van der Waals surface area contributed by atoms with Gasteiger partial charge in [-0.25, -0.2) is 13.2 Å². The van der Waals surface area contributed by atoms with Gasteiger partial charge in [-0.15, -0.1) is 0 Å². The molecule has 1 fully saturated rings. The Morgan fingerprint density at radius 3 is 2.62 bits per heavy atom. The number of aromatic nitrogens is 2. The topological polar surface area (TPSA) is 89.1 Å². The van der Waals surface area contributed by atoms with Crippen LogP contribution in [0.3, 0.4) is 0 Å². The average Bonchev–Trinajstić information content (AvgIpc) is 2.94. The third-order valence-corrected chi connectivity index (χ3v) is 3.72. The summed E-state index contributed by atoms with van der Waals surface area (Å²) in [6.45, 7) is 0. The molecule has 6 nitrogen and oxygen atoms in total. The average molecular weight is 265 g/mol. The number of nitrogens with zero attached hydrogens (tertiary/aromatic N) is 1. The first-order chi connectivity index (χ1) is 7.45. The quantitative estimate of drug-likeness (QED) is 0.650. The molecule has 0 radical (unpaired) electrons. The van der Waals surface area contributed by atoms with Gasteiger partial charge < -0.3 is 4.74 Å². The summed E-state index contributed by atoms with van der Waals surface area (Å²) < 4.78 is 27.2. The molecule has 0 bridgehead atoms. The molecule has 1 aliphatic carbocycles. The predicted molar refractivity (Wildman–Crippen MR) is 54.9 cm³/mol. The minimum absolute atomic E-state index is 0.0921. The summed E-state index contributed by atoms with van der Waals surface area (Å²) in [5, 5.41) is 6.20. The van der Waals surface area contributed by atoms with Crippen LogP contribution in [-0.2, 0) is 13.8 Å². The van der Waals surface area contributed by atoms with E-state index in [1.54, 1.807) is 0 Å². The molecule has 0 amide bonds. The second-order valence-corrected chi connectivity index (χ2v) is 6.02. The zero-order valence-corrected chi connectivity index (χ0v) is 9.93. The number of hydrogen-bond acceptors (Lipinski definition) is 5. The molecule has 8 heteroatoms. The van der Waals surface area contributed by atoms with Crippen LogP contribution >= 0.6 is 10.7 Å². The predicted octanol–water partition coefficient (Wildman–Crippen LogP) is 1.00. The van der Waals surface area contributed by atoms with Gasteiger partial charge in [0.05, 0.1) is 12.8 Å². The molecule has 0 atom stereocenters. The van der Waals surface area contributed by atoms with Gasteiger partial charge in [-0.2, -0.15) is 5.10 Å². The molecule has 16 heavy (non-hydrogen) atoms. The molecule has 1 heterocycles. The molecule has 0 aromatic carbocycles. The van der Waals surface area contributed by atoms with Gasteiger partial charge in [0.1, 0.15) is 4.90 Å². The Bertz CT molecular complexity index is 532. The molecule has 1 saturated carbocycles. The summed E-state index contributed by atoms with van der Waals surface area (Å²) >= 11 is 0. The van der Waals surface area contributed by atoms with Crippen molar-refractivity contribution in [3.8, 4) is 0 Å². The fourth-order valence-electron chi connectivity index (χ4n) is 1.48. The van der Waals surface area contributed by atoms with Gasteiger partial charge in [-0.1, -0.05) is 0 Å². The van der Waals surface area contributed by atoms with E-state index in [-0.39, 0.29) is 16.5 Å². The van der Waals surface area contributed by atoms with Crippen molar-refractivity contribution < 1.29 is 17.9 Å². The van der Waals surface area contributed by atoms with E-state index < -0.39 is 15.0 Å². The van der Waals surface area contributed by atoms with Crippen molar-refractivity contribution in [3.63, 3.8) is 0 Å². The first-order valence-corrected chi connectivity index (χ1v) is 6.87. The van der Waals surface area contributed by atoms with Crippen molar-refractivity contribution in [2.24, 2.45) is 0 Å². The SMILES string of the molecule is COC(=O)c1n[nH]c(C2CC2)c1S(=O)(=O)Cl. The molecule has 0 unspecified atom stereocenters. The molecule has 1 N–H and O–H groups in total. The maximum Gasteiger partial charge on any atom is 0.359 e. The monoisotopic (exact) mass is 264 g/mol. The number of carbonyl (C=O) groups is 1. The number of halogens is 1. The Balaban J connectivity index is 2.58. The van der Waals surface area contributed by atoms with Crippen LogP contribution < -0.4 is 0 Å². The van der Waals surface area contributed by atoms with Gasteiger partial charge in [0.25, 0.3) is 9.05 Å². The van der Waals surface area contributed by atoms with Crippen LogP contribution in [0, 0.1) is 0 Å². The van der Waals surface area contributed by atoms with Crippen LogP contribution in [0.15, 0.2) is 4.90 Å². The first kappa shape index (κ1) is 11.4. The number of ether oxygens (including phenoxy) is 1. The van der Waals surface area contributed by atoms with Crippen LogP contribution in [-0.4, -0.2) is 31.7 Å². The summed E-state index contributed by atoms with van der Waals surface area (Å²) in [5.74, 6) is -0.725. The van der Waals surface area contributed by atoms with E-state index in [9.17, 15) is 13.2 Å². The van der Waals surface area contributed by atoms with E-state index in [0.29, 0.717) is 5.69 Å². The lowest BCUT2D eigenvalue weighted by molar-refractivity contribution is 0.0589. The second-order valence-electron chi connectivity index (χ2n) is 3.52. The van der Waals surface area contributed by atoms with Crippen LogP contribution in [0.25, 0.3) is 0 Å². The van der Waals surface area contributed by atoms with Gasteiger partial charge >= 0.3 is 5.97 Å². The van der Waals surface area contributed by atoms with Crippen molar-refractivity contribution in [1.29, 1.82) is 0 Å². The second kappa shape index (κ2) is 3.74. The highest BCUT2D eigenvalue weighted by atomic mass is 35.7. The zero-order valence-electron chi connectivity index (χ0n) is 8.36. The minimum Gasteiger partial charge on any atom is -0.464 e.